The zero-order valence-electron chi connectivity index (χ0n) is 9.92. The molecule has 1 saturated heterocycles. The number of hydrogen-bond acceptors (Lipinski definition) is 5. The average molecular weight is 270 g/mol. The predicted molar refractivity (Wildman–Crippen MR) is 65.6 cm³/mol. The van der Waals surface area contributed by atoms with Crippen molar-refractivity contribution in [2.75, 3.05) is 11.9 Å². The van der Waals surface area contributed by atoms with Crippen LogP contribution in [0.15, 0.2) is 0 Å². The maximum atomic E-state index is 12.0. The van der Waals surface area contributed by atoms with Crippen LogP contribution in [0.3, 0.4) is 0 Å². The quantitative estimate of drug-likeness (QED) is 0.863. The lowest BCUT2D eigenvalue weighted by Crippen LogP contribution is -2.39. The number of carboxylic acid groups (broad SMARTS) is 1. The highest BCUT2D eigenvalue weighted by atomic mass is 32.1. The van der Waals surface area contributed by atoms with E-state index in [1.165, 1.54) is 0 Å². The van der Waals surface area contributed by atoms with Gasteiger partial charge in [-0.3, -0.25) is 10.1 Å². The lowest BCUT2D eigenvalue weighted by atomic mass is 10.1. The molecule has 0 spiro atoms. The van der Waals surface area contributed by atoms with E-state index in [9.17, 15) is 9.59 Å². The Labute approximate surface area is 108 Å². The minimum Gasteiger partial charge on any atom is -0.481 e. The zero-order chi connectivity index (χ0) is 13.1. The van der Waals surface area contributed by atoms with Crippen molar-refractivity contribution in [3.63, 3.8) is 0 Å². The fourth-order valence-corrected chi connectivity index (χ4v) is 2.59. The van der Waals surface area contributed by atoms with Crippen LogP contribution in [0, 0.1) is 6.92 Å². The summed E-state index contributed by atoms with van der Waals surface area (Å²) in [5, 5.41) is 11.9. The van der Waals surface area contributed by atoms with Gasteiger partial charge in [0, 0.05) is 24.1 Å². The van der Waals surface area contributed by atoms with Crippen molar-refractivity contribution in [3.8, 4) is 0 Å². The van der Waals surface area contributed by atoms with Gasteiger partial charge in [-0.25, -0.2) is 9.78 Å². The number of aromatic nitrogens is 2. The van der Waals surface area contributed by atoms with E-state index in [1.807, 2.05) is 0 Å². The molecule has 2 rings (SSSR count). The Kier molecular flexibility index (Phi) is 3.75. The molecule has 18 heavy (non-hydrogen) atoms. The Balaban J connectivity index is 1.97. The molecule has 2 amide bonds. The highest BCUT2D eigenvalue weighted by Crippen LogP contribution is 2.21. The van der Waals surface area contributed by atoms with Crippen molar-refractivity contribution < 1.29 is 14.7 Å². The smallest absolute Gasteiger partial charge is 0.323 e. The standard InChI is InChI=1S/C10H14N4O3S/c1-6-11-9(18-13-6)12-10(17)14-4-2-3-7(14)5-8(15)16/h7H,2-5H2,1H3,(H,15,16)(H,11,12,13,17). The van der Waals surface area contributed by atoms with E-state index in [-0.39, 0.29) is 18.5 Å². The Morgan fingerprint density at radius 3 is 3.00 bits per heavy atom. The van der Waals surface area contributed by atoms with Crippen LogP contribution in [-0.2, 0) is 4.79 Å². The summed E-state index contributed by atoms with van der Waals surface area (Å²) >= 11 is 1.12. The molecule has 1 aliphatic rings. The number of nitrogens with one attached hydrogen (secondary N) is 1. The van der Waals surface area contributed by atoms with Gasteiger partial charge in [-0.15, -0.1) is 0 Å². The second-order valence-corrected chi connectivity index (χ2v) is 4.92. The van der Waals surface area contributed by atoms with Gasteiger partial charge in [0.1, 0.15) is 5.82 Å². The first-order valence-corrected chi connectivity index (χ1v) is 6.43. The Bertz CT molecular complexity index is 462. The number of rotatable bonds is 3. The zero-order valence-corrected chi connectivity index (χ0v) is 10.7. The Morgan fingerprint density at radius 2 is 2.39 bits per heavy atom. The van der Waals surface area contributed by atoms with Crippen molar-refractivity contribution in [1.29, 1.82) is 0 Å². The van der Waals surface area contributed by atoms with E-state index >= 15 is 0 Å². The van der Waals surface area contributed by atoms with Gasteiger partial charge in [0.25, 0.3) is 0 Å². The molecule has 1 atom stereocenters. The van der Waals surface area contributed by atoms with Crippen LogP contribution < -0.4 is 5.32 Å². The first-order valence-electron chi connectivity index (χ1n) is 5.66. The number of hydrogen-bond donors (Lipinski definition) is 2. The number of aliphatic carboxylic acids is 1. The lowest BCUT2D eigenvalue weighted by molar-refractivity contribution is -0.137. The van der Waals surface area contributed by atoms with E-state index in [2.05, 4.69) is 14.7 Å². The number of nitrogens with zero attached hydrogens (tertiary/aromatic N) is 3. The minimum absolute atomic E-state index is 0.0113. The van der Waals surface area contributed by atoms with Crippen LogP contribution in [0.4, 0.5) is 9.93 Å². The predicted octanol–water partition coefficient (Wildman–Crippen LogP) is 1.32. The third-order valence-electron chi connectivity index (χ3n) is 2.79. The van der Waals surface area contributed by atoms with Crippen molar-refractivity contribution in [2.24, 2.45) is 0 Å². The average Bonchev–Trinajstić information content (AvgIpc) is 2.87. The second kappa shape index (κ2) is 5.30. The monoisotopic (exact) mass is 270 g/mol. The number of aryl methyl sites for hydroxylation is 1. The molecule has 98 valence electrons. The maximum absolute atomic E-state index is 12.0. The highest BCUT2D eigenvalue weighted by molar-refractivity contribution is 7.09. The largest absolute Gasteiger partial charge is 0.481 e. The van der Waals surface area contributed by atoms with Gasteiger partial charge in [-0.1, -0.05) is 0 Å². The lowest BCUT2D eigenvalue weighted by Gasteiger charge is -2.22. The number of urea groups is 1. The summed E-state index contributed by atoms with van der Waals surface area (Å²) in [6, 6.07) is -0.522. The molecular weight excluding hydrogens is 256 g/mol. The molecule has 1 fully saturated rings. The number of carbonyl (C=O) groups is 2. The van der Waals surface area contributed by atoms with Gasteiger partial charge in [0.05, 0.1) is 6.42 Å². The molecule has 1 aromatic rings. The molecule has 0 aromatic carbocycles. The number of amides is 2. The van der Waals surface area contributed by atoms with Crippen LogP contribution in [-0.4, -0.2) is 44.0 Å². The van der Waals surface area contributed by atoms with Gasteiger partial charge >= 0.3 is 12.0 Å². The van der Waals surface area contributed by atoms with Gasteiger partial charge in [-0.05, 0) is 19.8 Å². The van der Waals surface area contributed by atoms with Crippen molar-refractivity contribution >= 4 is 28.7 Å². The van der Waals surface area contributed by atoms with Gasteiger partial charge in [0.2, 0.25) is 5.13 Å². The first-order chi connectivity index (χ1) is 8.56. The fraction of sp³-hybridized carbons (Fsp3) is 0.600. The molecule has 7 nitrogen and oxygen atoms in total. The summed E-state index contributed by atoms with van der Waals surface area (Å²) in [7, 11) is 0. The number of likely N-dealkylation sites (tertiary alicyclic amines) is 1. The topological polar surface area (TPSA) is 95.4 Å². The van der Waals surface area contributed by atoms with Gasteiger partial charge < -0.3 is 10.0 Å². The summed E-state index contributed by atoms with van der Waals surface area (Å²) < 4.78 is 3.97. The summed E-state index contributed by atoms with van der Waals surface area (Å²) in [6.07, 6.45) is 1.55. The van der Waals surface area contributed by atoms with Gasteiger partial charge in [0.15, 0.2) is 0 Å². The molecule has 1 unspecified atom stereocenters. The third-order valence-corrected chi connectivity index (χ3v) is 3.51. The van der Waals surface area contributed by atoms with Crippen LogP contribution in [0.1, 0.15) is 25.1 Å². The molecule has 0 aliphatic carbocycles. The van der Waals surface area contributed by atoms with Crippen molar-refractivity contribution in [2.45, 2.75) is 32.2 Å². The Hall–Kier alpha value is -1.70. The minimum atomic E-state index is -0.883. The molecule has 0 saturated carbocycles. The number of carbonyl (C=O) groups excluding carboxylic acids is 1. The van der Waals surface area contributed by atoms with Crippen LogP contribution in [0.5, 0.6) is 0 Å². The maximum Gasteiger partial charge on any atom is 0.323 e. The highest BCUT2D eigenvalue weighted by Gasteiger charge is 2.30. The van der Waals surface area contributed by atoms with Crippen molar-refractivity contribution in [1.82, 2.24) is 14.3 Å². The first kappa shape index (κ1) is 12.7. The molecule has 2 heterocycles. The summed E-state index contributed by atoms with van der Waals surface area (Å²) in [5.41, 5.74) is 0. The normalized spacial score (nSPS) is 18.9. The molecule has 1 aromatic heterocycles. The number of carboxylic acids is 1. The summed E-state index contributed by atoms with van der Waals surface area (Å²) in [6.45, 7) is 2.33. The summed E-state index contributed by atoms with van der Waals surface area (Å²) in [4.78, 5) is 28.3. The van der Waals surface area contributed by atoms with Gasteiger partial charge in [-0.2, -0.15) is 4.37 Å². The SMILES string of the molecule is Cc1nsc(NC(=O)N2CCCC2CC(=O)O)n1. The molecule has 0 radical (unpaired) electrons. The van der Waals surface area contributed by atoms with E-state index < -0.39 is 5.97 Å². The molecule has 1 aliphatic heterocycles. The van der Waals surface area contributed by atoms with E-state index in [0.717, 1.165) is 24.4 Å². The molecule has 2 N–H and O–H groups in total. The van der Waals surface area contributed by atoms with Crippen LogP contribution in [0.2, 0.25) is 0 Å². The van der Waals surface area contributed by atoms with Crippen molar-refractivity contribution in [3.05, 3.63) is 5.82 Å². The molecule has 8 heteroatoms. The Morgan fingerprint density at radius 1 is 1.61 bits per heavy atom. The van der Waals surface area contributed by atoms with Crippen LogP contribution >= 0.6 is 11.5 Å². The fourth-order valence-electron chi connectivity index (χ4n) is 2.03. The second-order valence-electron chi connectivity index (χ2n) is 4.16. The van der Waals surface area contributed by atoms with E-state index in [1.54, 1.807) is 11.8 Å². The molecular formula is C10H14N4O3S. The van der Waals surface area contributed by atoms with E-state index in [0.29, 0.717) is 17.5 Å². The van der Waals surface area contributed by atoms with E-state index in [4.69, 9.17) is 5.11 Å². The summed E-state index contributed by atoms with van der Waals surface area (Å²) in [5.74, 6) is -0.273. The van der Waals surface area contributed by atoms with Crippen LogP contribution in [0.25, 0.3) is 0 Å². The molecule has 0 bridgehead atoms. The number of anilines is 1. The third kappa shape index (κ3) is 2.95.